The molecule has 3 N–H and O–H groups in total. The summed E-state index contributed by atoms with van der Waals surface area (Å²) < 4.78 is 0. The molecule has 3 rings (SSSR count). The molecule has 2 aromatic rings. The summed E-state index contributed by atoms with van der Waals surface area (Å²) in [5.74, 6) is 0.618. The summed E-state index contributed by atoms with van der Waals surface area (Å²) in [7, 11) is 0. The van der Waals surface area contributed by atoms with E-state index in [0.29, 0.717) is 11.8 Å². The molecule has 21 heavy (non-hydrogen) atoms. The minimum Gasteiger partial charge on any atom is -0.504 e. The predicted molar refractivity (Wildman–Crippen MR) is 89.6 cm³/mol. The van der Waals surface area contributed by atoms with Crippen LogP contribution in [0.25, 0.3) is 0 Å². The van der Waals surface area contributed by atoms with Gasteiger partial charge >= 0.3 is 0 Å². The Morgan fingerprint density at radius 1 is 0.952 bits per heavy atom. The molecule has 1 heterocycles. The number of nitrogens with one attached hydrogen (secondary N) is 1. The summed E-state index contributed by atoms with van der Waals surface area (Å²) in [6, 6.07) is 13.6. The molecular weight excluding hydrogens is 330 g/mol. The van der Waals surface area contributed by atoms with Crippen LogP contribution in [0.5, 0.6) is 11.5 Å². The van der Waals surface area contributed by atoms with Gasteiger partial charge in [-0.25, -0.2) is 0 Å². The third-order valence-corrected chi connectivity index (χ3v) is 4.23. The highest BCUT2D eigenvalue weighted by Gasteiger charge is 2.30. The molecule has 0 bridgehead atoms. The van der Waals surface area contributed by atoms with E-state index in [2.05, 4.69) is 36.5 Å². The van der Waals surface area contributed by atoms with Crippen LogP contribution in [-0.2, 0) is 0 Å². The number of hydrogen-bond acceptors (Lipinski definition) is 3. The maximum absolute atomic E-state index is 9.70. The topological polar surface area (TPSA) is 52.5 Å². The fraction of sp³-hybridized carbons (Fsp3) is 0.294. The molecule has 1 fully saturated rings. The minimum absolute atomic E-state index is 0. The van der Waals surface area contributed by atoms with Gasteiger partial charge in [-0.3, -0.25) is 0 Å². The highest BCUT2D eigenvalue weighted by atomic mass is 79.9. The smallest absolute Gasteiger partial charge is 0.157 e. The Bertz CT molecular complexity index is 630. The van der Waals surface area contributed by atoms with Crippen molar-refractivity contribution in [2.75, 3.05) is 13.1 Å². The first-order valence-electron chi connectivity index (χ1n) is 6.95. The number of phenolic OH excluding ortho intramolecular Hbond substituents is 2. The summed E-state index contributed by atoms with van der Waals surface area (Å²) in [4.78, 5) is 0. The standard InChI is InChI=1S/C17H19NO2.BrH/c1-11-4-2-3-5-13(11)15-10-18-9-14(15)12-6-7-16(19)17(20)8-12;/h2-8,14-15,18-20H,9-10H2,1H3;1H/t14-,15-;/m0./s1. The van der Waals surface area contributed by atoms with Crippen molar-refractivity contribution >= 4 is 17.0 Å². The molecular formula is C17H20BrNO2. The number of phenols is 2. The van der Waals surface area contributed by atoms with Gasteiger partial charge in [0.1, 0.15) is 0 Å². The number of aryl methyl sites for hydroxylation is 1. The van der Waals surface area contributed by atoms with E-state index < -0.39 is 0 Å². The van der Waals surface area contributed by atoms with Crippen molar-refractivity contribution in [1.82, 2.24) is 5.32 Å². The van der Waals surface area contributed by atoms with E-state index in [-0.39, 0.29) is 28.5 Å². The third kappa shape index (κ3) is 3.06. The van der Waals surface area contributed by atoms with Gasteiger partial charge < -0.3 is 15.5 Å². The van der Waals surface area contributed by atoms with Crippen molar-refractivity contribution in [1.29, 1.82) is 0 Å². The average molecular weight is 350 g/mol. The Balaban J connectivity index is 0.00000161. The van der Waals surface area contributed by atoms with E-state index in [1.807, 2.05) is 6.07 Å². The zero-order valence-electron chi connectivity index (χ0n) is 11.9. The van der Waals surface area contributed by atoms with Crippen LogP contribution in [0, 0.1) is 6.92 Å². The van der Waals surface area contributed by atoms with E-state index in [9.17, 15) is 10.2 Å². The third-order valence-electron chi connectivity index (χ3n) is 4.23. The zero-order chi connectivity index (χ0) is 14.1. The van der Waals surface area contributed by atoms with Gasteiger partial charge in [0.15, 0.2) is 11.5 Å². The Labute approximate surface area is 135 Å². The van der Waals surface area contributed by atoms with Crippen LogP contribution in [-0.4, -0.2) is 23.3 Å². The van der Waals surface area contributed by atoms with Crippen LogP contribution < -0.4 is 5.32 Å². The minimum atomic E-state index is -0.0628. The number of halogens is 1. The molecule has 0 aromatic heterocycles. The van der Waals surface area contributed by atoms with Crippen LogP contribution in [0.15, 0.2) is 42.5 Å². The molecule has 0 aliphatic carbocycles. The Kier molecular flexibility index (Phi) is 4.91. The van der Waals surface area contributed by atoms with Crippen molar-refractivity contribution in [3.8, 4) is 11.5 Å². The van der Waals surface area contributed by atoms with Crippen LogP contribution in [0.3, 0.4) is 0 Å². The van der Waals surface area contributed by atoms with Gasteiger partial charge in [0.25, 0.3) is 0 Å². The summed E-state index contributed by atoms with van der Waals surface area (Å²) in [6.45, 7) is 3.97. The van der Waals surface area contributed by atoms with Gasteiger partial charge in [-0.1, -0.05) is 30.3 Å². The molecule has 0 unspecified atom stereocenters. The molecule has 1 aliphatic rings. The normalized spacial score (nSPS) is 21.0. The van der Waals surface area contributed by atoms with Crippen molar-refractivity contribution in [2.45, 2.75) is 18.8 Å². The SMILES string of the molecule is Br.Cc1ccccc1[C@@H]1CNC[C@H]1c1ccc(O)c(O)c1. The Morgan fingerprint density at radius 3 is 2.38 bits per heavy atom. The second kappa shape index (κ2) is 6.50. The largest absolute Gasteiger partial charge is 0.504 e. The summed E-state index contributed by atoms with van der Waals surface area (Å²) >= 11 is 0. The molecule has 0 saturated carbocycles. The van der Waals surface area contributed by atoms with Crippen molar-refractivity contribution in [2.24, 2.45) is 0 Å². The van der Waals surface area contributed by atoms with E-state index in [4.69, 9.17) is 0 Å². The van der Waals surface area contributed by atoms with Gasteiger partial charge in [0.05, 0.1) is 0 Å². The van der Waals surface area contributed by atoms with Crippen LogP contribution in [0.1, 0.15) is 28.5 Å². The molecule has 0 radical (unpaired) electrons. The average Bonchev–Trinajstić information content (AvgIpc) is 2.91. The second-order valence-electron chi connectivity index (χ2n) is 5.48. The molecule has 4 heteroatoms. The fourth-order valence-electron chi connectivity index (χ4n) is 3.13. The molecule has 1 aliphatic heterocycles. The van der Waals surface area contributed by atoms with Crippen LogP contribution >= 0.6 is 17.0 Å². The van der Waals surface area contributed by atoms with E-state index >= 15 is 0 Å². The van der Waals surface area contributed by atoms with Crippen molar-refractivity contribution in [3.63, 3.8) is 0 Å². The molecule has 1 saturated heterocycles. The summed E-state index contributed by atoms with van der Waals surface area (Å²) in [6.07, 6.45) is 0. The lowest BCUT2D eigenvalue weighted by atomic mass is 9.82. The Morgan fingerprint density at radius 2 is 1.67 bits per heavy atom. The molecule has 0 amide bonds. The number of hydrogen-bond donors (Lipinski definition) is 3. The number of rotatable bonds is 2. The number of benzene rings is 2. The lowest BCUT2D eigenvalue weighted by molar-refractivity contribution is 0.402. The first-order valence-corrected chi connectivity index (χ1v) is 6.95. The molecule has 2 atom stereocenters. The van der Waals surface area contributed by atoms with Crippen molar-refractivity contribution in [3.05, 3.63) is 59.2 Å². The molecule has 2 aromatic carbocycles. The molecule has 3 nitrogen and oxygen atoms in total. The zero-order valence-corrected chi connectivity index (χ0v) is 13.6. The van der Waals surface area contributed by atoms with Crippen molar-refractivity contribution < 1.29 is 10.2 Å². The Hall–Kier alpha value is -1.52. The first kappa shape index (κ1) is 15.9. The fourth-order valence-corrected chi connectivity index (χ4v) is 3.13. The lowest BCUT2D eigenvalue weighted by Crippen LogP contribution is -2.10. The highest BCUT2D eigenvalue weighted by molar-refractivity contribution is 8.93. The van der Waals surface area contributed by atoms with Gasteiger partial charge in [-0.2, -0.15) is 0 Å². The summed E-state index contributed by atoms with van der Waals surface area (Å²) in [5, 5.41) is 22.6. The summed E-state index contributed by atoms with van der Waals surface area (Å²) in [5.41, 5.74) is 3.72. The first-order chi connectivity index (χ1) is 9.66. The maximum Gasteiger partial charge on any atom is 0.157 e. The second-order valence-corrected chi connectivity index (χ2v) is 5.48. The lowest BCUT2D eigenvalue weighted by Gasteiger charge is -2.21. The predicted octanol–water partition coefficient (Wildman–Crippen LogP) is 3.45. The van der Waals surface area contributed by atoms with Crippen LogP contribution in [0.4, 0.5) is 0 Å². The van der Waals surface area contributed by atoms with E-state index in [1.165, 1.54) is 11.1 Å². The monoisotopic (exact) mass is 349 g/mol. The maximum atomic E-state index is 9.70. The van der Waals surface area contributed by atoms with Crippen LogP contribution in [0.2, 0.25) is 0 Å². The van der Waals surface area contributed by atoms with Gasteiger partial charge in [-0.15, -0.1) is 17.0 Å². The van der Waals surface area contributed by atoms with E-state index in [0.717, 1.165) is 18.7 Å². The van der Waals surface area contributed by atoms with E-state index in [1.54, 1.807) is 12.1 Å². The van der Waals surface area contributed by atoms with Gasteiger partial charge in [0.2, 0.25) is 0 Å². The molecule has 0 spiro atoms. The molecule has 112 valence electrons. The highest BCUT2D eigenvalue weighted by Crippen LogP contribution is 2.39. The number of aromatic hydroxyl groups is 2. The van der Waals surface area contributed by atoms with Gasteiger partial charge in [-0.05, 0) is 35.7 Å². The van der Waals surface area contributed by atoms with Gasteiger partial charge in [0, 0.05) is 24.9 Å². The quantitative estimate of drug-likeness (QED) is 0.727.